The van der Waals surface area contributed by atoms with Gasteiger partial charge in [-0.1, -0.05) is 24.3 Å². The Labute approximate surface area is 186 Å². The minimum atomic E-state index is -0.642. The summed E-state index contributed by atoms with van der Waals surface area (Å²) in [5.74, 6) is 1.25. The van der Waals surface area contributed by atoms with Gasteiger partial charge in [-0.05, 0) is 19.9 Å². The zero-order valence-corrected chi connectivity index (χ0v) is 18.9. The minimum absolute atomic E-state index is 0.0548. The number of aromatic nitrogens is 2. The van der Waals surface area contributed by atoms with E-state index in [0.717, 1.165) is 11.1 Å². The summed E-state index contributed by atoms with van der Waals surface area (Å²) in [6, 6.07) is 7.61. The molecule has 2 N–H and O–H groups in total. The quantitative estimate of drug-likeness (QED) is 0.442. The van der Waals surface area contributed by atoms with Crippen molar-refractivity contribution in [3.63, 3.8) is 0 Å². The van der Waals surface area contributed by atoms with Crippen LogP contribution in [0.5, 0.6) is 5.75 Å². The van der Waals surface area contributed by atoms with Gasteiger partial charge in [-0.25, -0.2) is 4.98 Å². The first-order valence-corrected chi connectivity index (χ1v) is 11.1. The highest BCUT2D eigenvalue weighted by atomic mass is 32.1. The summed E-state index contributed by atoms with van der Waals surface area (Å²) in [5.41, 5.74) is 1.48. The van der Waals surface area contributed by atoms with E-state index in [1.165, 1.54) is 11.3 Å². The average molecular weight is 444 g/mol. The lowest BCUT2D eigenvalue weighted by Crippen LogP contribution is -2.36. The van der Waals surface area contributed by atoms with Gasteiger partial charge in [0.25, 0.3) is 5.56 Å². The van der Waals surface area contributed by atoms with Crippen LogP contribution in [-0.4, -0.2) is 59.0 Å². The Morgan fingerprint density at radius 3 is 2.81 bits per heavy atom. The molecule has 0 spiro atoms. The number of nitrogens with one attached hydrogen (secondary N) is 1. The molecule has 1 atom stereocenters. The molecular weight excluding hydrogens is 414 g/mol. The fourth-order valence-corrected chi connectivity index (χ4v) is 4.34. The van der Waals surface area contributed by atoms with Gasteiger partial charge in [0.2, 0.25) is 0 Å². The molecule has 7 nitrogen and oxygen atoms in total. The molecule has 2 aromatic heterocycles. The number of methoxy groups -OCH3 is 1. The third kappa shape index (κ3) is 5.80. The maximum absolute atomic E-state index is 13.0. The number of nitrogens with zero attached hydrogens (tertiary/aromatic N) is 2. The lowest BCUT2D eigenvalue weighted by molar-refractivity contribution is -0.00834. The summed E-state index contributed by atoms with van der Waals surface area (Å²) < 4.78 is 10.9. The lowest BCUT2D eigenvalue weighted by Gasteiger charge is -2.23. The molecule has 1 aromatic carbocycles. The summed E-state index contributed by atoms with van der Waals surface area (Å²) >= 11 is 1.43. The van der Waals surface area contributed by atoms with Crippen molar-refractivity contribution < 1.29 is 14.6 Å². The zero-order chi connectivity index (χ0) is 22.4. The number of para-hydroxylation sites is 1. The normalized spacial score (nSPS) is 12.6. The summed E-state index contributed by atoms with van der Waals surface area (Å²) in [6.07, 6.45) is 1.17. The first kappa shape index (κ1) is 23.1. The molecule has 166 valence electrons. The molecule has 0 aliphatic rings. The van der Waals surface area contributed by atoms with Crippen LogP contribution in [0.15, 0.2) is 47.1 Å². The van der Waals surface area contributed by atoms with Crippen molar-refractivity contribution in [2.24, 2.45) is 0 Å². The number of fused-ring (bicyclic) bond motifs is 1. The van der Waals surface area contributed by atoms with E-state index < -0.39 is 6.10 Å². The Morgan fingerprint density at radius 2 is 2.10 bits per heavy atom. The predicted octanol–water partition coefficient (Wildman–Crippen LogP) is 3.43. The van der Waals surface area contributed by atoms with Crippen LogP contribution in [0.25, 0.3) is 21.3 Å². The van der Waals surface area contributed by atoms with E-state index >= 15 is 0 Å². The van der Waals surface area contributed by atoms with Crippen molar-refractivity contribution in [3.05, 3.63) is 58.5 Å². The molecule has 8 heteroatoms. The second-order valence-electron chi connectivity index (χ2n) is 7.56. The number of benzene rings is 1. The Morgan fingerprint density at radius 1 is 1.32 bits per heavy atom. The number of ether oxygens (including phenoxy) is 2. The zero-order valence-electron chi connectivity index (χ0n) is 18.1. The Kier molecular flexibility index (Phi) is 7.97. The average Bonchev–Trinajstić information content (AvgIpc) is 3.16. The summed E-state index contributed by atoms with van der Waals surface area (Å²) in [4.78, 5) is 23.2. The second kappa shape index (κ2) is 10.7. The number of hydrogen-bond donors (Lipinski definition) is 2. The van der Waals surface area contributed by atoms with Crippen molar-refractivity contribution in [2.45, 2.75) is 32.6 Å². The SMILES string of the molecule is C=CCN(Cc1nc2scc(-c3ccccc3OC)c2c(=O)[nH]1)C[C@@H](O)COC(C)C. The topological polar surface area (TPSA) is 87.7 Å². The molecule has 3 aromatic rings. The van der Waals surface area contributed by atoms with E-state index in [1.54, 1.807) is 13.2 Å². The Hall–Kier alpha value is -2.52. The first-order chi connectivity index (χ1) is 14.9. The van der Waals surface area contributed by atoms with Crippen molar-refractivity contribution >= 4 is 21.6 Å². The van der Waals surface area contributed by atoms with Gasteiger partial charge < -0.3 is 19.6 Å². The third-order valence-corrected chi connectivity index (χ3v) is 5.61. The monoisotopic (exact) mass is 443 g/mol. The van der Waals surface area contributed by atoms with Crippen LogP contribution in [0.2, 0.25) is 0 Å². The van der Waals surface area contributed by atoms with E-state index in [9.17, 15) is 9.90 Å². The number of rotatable bonds is 11. The van der Waals surface area contributed by atoms with E-state index in [0.29, 0.717) is 41.4 Å². The van der Waals surface area contributed by atoms with Crippen LogP contribution < -0.4 is 10.3 Å². The largest absolute Gasteiger partial charge is 0.496 e. The number of aliphatic hydroxyl groups is 1. The number of aromatic amines is 1. The Balaban J connectivity index is 1.85. The van der Waals surface area contributed by atoms with Gasteiger partial charge in [0, 0.05) is 29.6 Å². The highest BCUT2D eigenvalue weighted by Crippen LogP contribution is 2.36. The van der Waals surface area contributed by atoms with Crippen LogP contribution in [0, 0.1) is 0 Å². The molecule has 0 fully saturated rings. The number of hydrogen-bond acceptors (Lipinski definition) is 7. The summed E-state index contributed by atoms with van der Waals surface area (Å²) in [5, 5.41) is 12.8. The molecule has 0 aliphatic carbocycles. The van der Waals surface area contributed by atoms with Gasteiger partial charge >= 0.3 is 0 Å². The standard InChI is InChI=1S/C23H29N3O4S/c1-5-10-26(11-16(27)13-30-15(2)3)12-20-24-22(28)21-18(14-31-23(21)25-20)17-8-6-7-9-19(17)29-4/h5-9,14-16,27H,1,10-13H2,2-4H3,(H,24,25,28)/t16-/m1/s1. The van der Waals surface area contributed by atoms with Crippen LogP contribution in [0.3, 0.4) is 0 Å². The van der Waals surface area contributed by atoms with Crippen molar-refractivity contribution in [2.75, 3.05) is 26.8 Å². The van der Waals surface area contributed by atoms with Crippen LogP contribution >= 0.6 is 11.3 Å². The molecule has 31 heavy (non-hydrogen) atoms. The van der Waals surface area contributed by atoms with Crippen LogP contribution in [-0.2, 0) is 11.3 Å². The molecular formula is C23H29N3O4S. The molecule has 2 heterocycles. The predicted molar refractivity (Wildman–Crippen MR) is 125 cm³/mol. The number of thiophene rings is 1. The first-order valence-electron chi connectivity index (χ1n) is 10.2. The van der Waals surface area contributed by atoms with Crippen LogP contribution in [0.4, 0.5) is 0 Å². The van der Waals surface area contributed by atoms with E-state index in [4.69, 9.17) is 9.47 Å². The smallest absolute Gasteiger partial charge is 0.260 e. The van der Waals surface area contributed by atoms with E-state index in [1.807, 2.05) is 48.4 Å². The van der Waals surface area contributed by atoms with Gasteiger partial charge in [0.05, 0.1) is 37.9 Å². The van der Waals surface area contributed by atoms with Crippen molar-refractivity contribution in [1.29, 1.82) is 0 Å². The van der Waals surface area contributed by atoms with Gasteiger partial charge in [0.1, 0.15) is 16.4 Å². The van der Waals surface area contributed by atoms with E-state index in [2.05, 4.69) is 16.5 Å². The fourth-order valence-electron chi connectivity index (χ4n) is 3.39. The molecule has 3 rings (SSSR count). The minimum Gasteiger partial charge on any atom is -0.496 e. The fraction of sp³-hybridized carbons (Fsp3) is 0.391. The highest BCUT2D eigenvalue weighted by molar-refractivity contribution is 7.17. The molecule has 0 saturated heterocycles. The maximum Gasteiger partial charge on any atom is 0.260 e. The molecule has 0 bridgehead atoms. The molecule has 0 saturated carbocycles. The Bertz CT molecular complexity index is 1080. The van der Waals surface area contributed by atoms with Gasteiger partial charge in [0.15, 0.2) is 0 Å². The van der Waals surface area contributed by atoms with E-state index in [-0.39, 0.29) is 18.3 Å². The van der Waals surface area contributed by atoms with Gasteiger partial charge in [-0.2, -0.15) is 0 Å². The third-order valence-electron chi connectivity index (χ3n) is 4.74. The lowest BCUT2D eigenvalue weighted by atomic mass is 10.1. The number of aliphatic hydroxyl groups excluding tert-OH is 1. The summed E-state index contributed by atoms with van der Waals surface area (Å²) in [6.45, 7) is 9.22. The van der Waals surface area contributed by atoms with Crippen molar-refractivity contribution in [3.8, 4) is 16.9 Å². The van der Waals surface area contributed by atoms with Crippen molar-refractivity contribution in [1.82, 2.24) is 14.9 Å². The van der Waals surface area contributed by atoms with Crippen LogP contribution in [0.1, 0.15) is 19.7 Å². The summed E-state index contributed by atoms with van der Waals surface area (Å²) in [7, 11) is 1.61. The molecule has 0 unspecified atom stereocenters. The second-order valence-corrected chi connectivity index (χ2v) is 8.42. The maximum atomic E-state index is 13.0. The van der Waals surface area contributed by atoms with Gasteiger partial charge in [-0.15, -0.1) is 17.9 Å². The van der Waals surface area contributed by atoms with Gasteiger partial charge in [-0.3, -0.25) is 9.69 Å². The molecule has 0 aliphatic heterocycles. The highest BCUT2D eigenvalue weighted by Gasteiger charge is 2.18. The number of H-pyrrole nitrogens is 1. The molecule has 0 amide bonds. The molecule has 0 radical (unpaired) electrons.